The Morgan fingerprint density at radius 1 is 1.15 bits per heavy atom. The predicted octanol–water partition coefficient (Wildman–Crippen LogP) is 4.18. The van der Waals surface area contributed by atoms with E-state index in [0.29, 0.717) is 6.54 Å². The van der Waals surface area contributed by atoms with Crippen molar-refractivity contribution in [2.75, 3.05) is 19.6 Å². The van der Waals surface area contributed by atoms with Crippen molar-refractivity contribution >= 4 is 5.97 Å². The molecule has 5 nitrogen and oxygen atoms in total. The maximum Gasteiger partial charge on any atom is 0.434 e. The first-order valence-electron chi connectivity index (χ1n) is 10.2. The van der Waals surface area contributed by atoms with E-state index in [0.717, 1.165) is 28.1 Å². The number of ether oxygens (including phenoxy) is 1. The lowest BCUT2D eigenvalue weighted by Gasteiger charge is -2.36. The zero-order chi connectivity index (χ0) is 24.4. The lowest BCUT2D eigenvalue weighted by Crippen LogP contribution is -2.57. The van der Waals surface area contributed by atoms with Gasteiger partial charge in [-0.25, -0.2) is 0 Å². The van der Waals surface area contributed by atoms with Gasteiger partial charge in [-0.3, -0.25) is 14.7 Å². The molecule has 1 aromatic carbocycles. The van der Waals surface area contributed by atoms with Crippen LogP contribution in [0.15, 0.2) is 36.4 Å². The maximum absolute atomic E-state index is 12.8. The van der Waals surface area contributed by atoms with Crippen molar-refractivity contribution in [1.29, 1.82) is 0 Å². The molecule has 0 bridgehead atoms. The first kappa shape index (κ1) is 25.0. The minimum Gasteiger partial charge on any atom is -0.442 e. The fourth-order valence-corrected chi connectivity index (χ4v) is 3.64. The van der Waals surface area contributed by atoms with Crippen molar-refractivity contribution in [3.8, 4) is 11.3 Å². The topological polar surface area (TPSA) is 54.5 Å². The number of carbonyl (C=O) groups excluding carboxylic acids is 1. The fourth-order valence-electron chi connectivity index (χ4n) is 3.64. The van der Waals surface area contributed by atoms with Gasteiger partial charge in [-0.15, -0.1) is 0 Å². The van der Waals surface area contributed by atoms with Crippen LogP contribution in [0.1, 0.15) is 16.8 Å². The molecule has 0 radical (unpaired) electrons. The molecule has 1 aliphatic heterocycles. The van der Waals surface area contributed by atoms with Crippen molar-refractivity contribution in [3.05, 3.63) is 53.2 Å². The zero-order valence-corrected chi connectivity index (χ0v) is 17.9. The zero-order valence-electron chi connectivity index (χ0n) is 17.9. The van der Waals surface area contributed by atoms with E-state index >= 15 is 0 Å². The smallest absolute Gasteiger partial charge is 0.434 e. The number of esters is 1. The number of benzene rings is 1. The molecule has 1 aliphatic rings. The third-order valence-electron chi connectivity index (χ3n) is 5.36. The van der Waals surface area contributed by atoms with Crippen molar-refractivity contribution in [2.45, 2.75) is 44.9 Å². The molecule has 180 valence electrons. The van der Waals surface area contributed by atoms with Crippen LogP contribution in [0.2, 0.25) is 0 Å². The van der Waals surface area contributed by atoms with E-state index in [9.17, 15) is 31.1 Å². The highest BCUT2D eigenvalue weighted by atomic mass is 19.4. The fraction of sp³-hybridized carbons (Fsp3) is 0.455. The standard InChI is InChI=1S/C22H23F6N3O2/c1-13-10-15(17-5-3-4-14(2)30-17)6-7-16(13)12-31-9-8-29-11-18(31)19(32)33-20(21(23,24)25)22(26,27)28/h3-7,10,18,20,29H,8-9,11-12H2,1-2H3. The second-order valence-corrected chi connectivity index (χ2v) is 7.90. The van der Waals surface area contributed by atoms with Crippen LogP contribution in [-0.2, 0) is 16.1 Å². The SMILES string of the molecule is Cc1cccc(-c2ccc(CN3CCNCC3C(=O)OC(C(F)(F)F)C(F)(F)F)c(C)c2)n1. The molecule has 2 heterocycles. The molecule has 1 N–H and O–H groups in total. The van der Waals surface area contributed by atoms with Crippen molar-refractivity contribution in [2.24, 2.45) is 0 Å². The molecule has 0 aliphatic carbocycles. The number of nitrogens with one attached hydrogen (secondary N) is 1. The summed E-state index contributed by atoms with van der Waals surface area (Å²) in [7, 11) is 0. The monoisotopic (exact) mass is 475 g/mol. The Hall–Kier alpha value is -2.66. The minimum atomic E-state index is -5.75. The first-order valence-corrected chi connectivity index (χ1v) is 10.2. The summed E-state index contributed by atoms with van der Waals surface area (Å²) in [6.07, 6.45) is -15.7. The number of pyridine rings is 1. The molecule has 1 aromatic heterocycles. The van der Waals surface area contributed by atoms with Gasteiger partial charge < -0.3 is 10.1 Å². The molecular weight excluding hydrogens is 452 g/mol. The largest absolute Gasteiger partial charge is 0.442 e. The van der Waals surface area contributed by atoms with Gasteiger partial charge in [0.05, 0.1) is 5.69 Å². The normalized spacial score (nSPS) is 17.9. The van der Waals surface area contributed by atoms with E-state index in [-0.39, 0.29) is 19.6 Å². The highest BCUT2D eigenvalue weighted by Crippen LogP contribution is 2.36. The summed E-state index contributed by atoms with van der Waals surface area (Å²) in [6, 6.07) is 9.88. The number of hydrogen-bond acceptors (Lipinski definition) is 5. The summed E-state index contributed by atoms with van der Waals surface area (Å²) in [5.74, 6) is -1.57. The number of halogens is 6. The molecule has 2 aromatic rings. The van der Waals surface area contributed by atoms with Gasteiger partial charge >= 0.3 is 18.3 Å². The number of piperazine rings is 1. The van der Waals surface area contributed by atoms with Crippen molar-refractivity contribution in [1.82, 2.24) is 15.2 Å². The van der Waals surface area contributed by atoms with Gasteiger partial charge in [0, 0.05) is 37.4 Å². The number of nitrogens with zero attached hydrogens (tertiary/aromatic N) is 2. The van der Waals surface area contributed by atoms with Crippen molar-refractivity contribution < 1.29 is 35.9 Å². The van der Waals surface area contributed by atoms with Crippen LogP contribution >= 0.6 is 0 Å². The summed E-state index contributed by atoms with van der Waals surface area (Å²) in [5, 5.41) is 2.82. The number of alkyl halides is 6. The average Bonchev–Trinajstić information content (AvgIpc) is 2.72. The number of carbonyl (C=O) groups is 1. The second-order valence-electron chi connectivity index (χ2n) is 7.90. The molecule has 1 saturated heterocycles. The molecule has 0 saturated carbocycles. The Balaban J connectivity index is 1.77. The molecule has 0 spiro atoms. The van der Waals surface area contributed by atoms with E-state index in [4.69, 9.17) is 0 Å². The van der Waals surface area contributed by atoms with Crippen LogP contribution < -0.4 is 5.32 Å². The summed E-state index contributed by atoms with van der Waals surface area (Å²) < 4.78 is 80.8. The third kappa shape index (κ3) is 6.23. The van der Waals surface area contributed by atoms with E-state index in [1.807, 2.05) is 50.2 Å². The summed E-state index contributed by atoms with van der Waals surface area (Å²) in [4.78, 5) is 18.3. The molecule has 1 atom stereocenters. The van der Waals surface area contributed by atoms with Gasteiger partial charge in [0.15, 0.2) is 0 Å². The molecule has 1 unspecified atom stereocenters. The molecule has 0 amide bonds. The Kier molecular flexibility index (Phi) is 7.32. The average molecular weight is 475 g/mol. The van der Waals surface area contributed by atoms with Crippen LogP contribution in [-0.4, -0.2) is 60.0 Å². The quantitative estimate of drug-likeness (QED) is 0.520. The second kappa shape index (κ2) is 9.68. The van der Waals surface area contributed by atoms with Gasteiger partial charge in [0.1, 0.15) is 6.04 Å². The number of hydrogen-bond donors (Lipinski definition) is 1. The van der Waals surface area contributed by atoms with Crippen LogP contribution in [0.25, 0.3) is 11.3 Å². The first-order chi connectivity index (χ1) is 15.4. The summed E-state index contributed by atoms with van der Waals surface area (Å²) in [5.41, 5.74) is 4.14. The Morgan fingerprint density at radius 2 is 1.85 bits per heavy atom. The van der Waals surface area contributed by atoms with E-state index in [1.165, 1.54) is 4.90 Å². The lowest BCUT2D eigenvalue weighted by atomic mass is 10.0. The Morgan fingerprint density at radius 3 is 2.45 bits per heavy atom. The predicted molar refractivity (Wildman–Crippen MR) is 108 cm³/mol. The molecule has 1 fully saturated rings. The number of aromatic nitrogens is 1. The van der Waals surface area contributed by atoms with E-state index in [1.54, 1.807) is 0 Å². The number of aryl methyl sites for hydroxylation is 2. The van der Waals surface area contributed by atoms with Crippen LogP contribution in [0.4, 0.5) is 26.3 Å². The molecule has 33 heavy (non-hydrogen) atoms. The third-order valence-corrected chi connectivity index (χ3v) is 5.36. The van der Waals surface area contributed by atoms with Crippen molar-refractivity contribution in [3.63, 3.8) is 0 Å². The molecular formula is C22H23F6N3O2. The minimum absolute atomic E-state index is 0.119. The highest BCUT2D eigenvalue weighted by molar-refractivity contribution is 5.76. The van der Waals surface area contributed by atoms with Crippen LogP contribution in [0.5, 0.6) is 0 Å². The van der Waals surface area contributed by atoms with Crippen LogP contribution in [0.3, 0.4) is 0 Å². The van der Waals surface area contributed by atoms with Gasteiger partial charge in [-0.1, -0.05) is 18.2 Å². The summed E-state index contributed by atoms with van der Waals surface area (Å²) >= 11 is 0. The number of rotatable bonds is 5. The van der Waals surface area contributed by atoms with Gasteiger partial charge in [-0.2, -0.15) is 26.3 Å². The van der Waals surface area contributed by atoms with Crippen LogP contribution in [0, 0.1) is 13.8 Å². The van der Waals surface area contributed by atoms with Gasteiger partial charge in [0.25, 0.3) is 6.10 Å². The Labute approximate surface area is 186 Å². The Bertz CT molecular complexity index is 979. The molecule has 11 heteroatoms. The van der Waals surface area contributed by atoms with E-state index < -0.39 is 30.5 Å². The highest BCUT2D eigenvalue weighted by Gasteiger charge is 2.60. The van der Waals surface area contributed by atoms with Gasteiger partial charge in [-0.05, 0) is 43.2 Å². The van der Waals surface area contributed by atoms with E-state index in [2.05, 4.69) is 15.0 Å². The lowest BCUT2D eigenvalue weighted by molar-refractivity contribution is -0.314. The maximum atomic E-state index is 12.8. The summed E-state index contributed by atoms with van der Waals surface area (Å²) in [6.45, 7) is 4.44. The van der Waals surface area contributed by atoms with Gasteiger partial charge in [0.2, 0.25) is 0 Å². The molecule has 3 rings (SSSR count).